The normalized spacial score (nSPS) is 11.3. The van der Waals surface area contributed by atoms with Crippen LogP contribution in [0.5, 0.6) is 0 Å². The highest BCUT2D eigenvalue weighted by atomic mass is 35.5. The Morgan fingerprint density at radius 2 is 1.53 bits per heavy atom. The molecule has 0 aliphatic rings. The van der Waals surface area contributed by atoms with Crippen LogP contribution in [-0.2, 0) is 6.54 Å². The van der Waals surface area contributed by atoms with Gasteiger partial charge in [0.1, 0.15) is 11.6 Å². The van der Waals surface area contributed by atoms with Gasteiger partial charge in [0.2, 0.25) is 5.91 Å². The molecular weight excluding hydrogens is 430 g/mol. The topological polar surface area (TPSA) is 48.0 Å². The zero-order valence-electron chi connectivity index (χ0n) is 16.8. The van der Waals surface area contributed by atoms with Gasteiger partial charge in [-0.05, 0) is 59.2 Å². The number of rotatable bonds is 4. The molecule has 158 valence electrons. The molecule has 0 radical (unpaired) electrons. The molecule has 1 aromatic heterocycles. The molecule has 4 aromatic carbocycles. The van der Waals surface area contributed by atoms with E-state index in [0.29, 0.717) is 16.1 Å². The number of primary amides is 1. The molecule has 0 saturated heterocycles. The van der Waals surface area contributed by atoms with E-state index in [4.69, 9.17) is 17.3 Å². The molecular formula is C26H17ClF2N2O. The van der Waals surface area contributed by atoms with Crippen LogP contribution < -0.4 is 5.73 Å². The van der Waals surface area contributed by atoms with Gasteiger partial charge in [0.25, 0.3) is 0 Å². The Hall–Kier alpha value is -3.70. The number of nitrogens with zero attached hydrogens (tertiary/aromatic N) is 1. The number of carbonyl (C=O) groups is 1. The maximum absolute atomic E-state index is 13.9. The van der Waals surface area contributed by atoms with Crippen LogP contribution in [0.25, 0.3) is 32.9 Å². The Morgan fingerprint density at radius 3 is 2.22 bits per heavy atom. The zero-order chi connectivity index (χ0) is 22.4. The lowest BCUT2D eigenvalue weighted by atomic mass is 10.0. The Bertz CT molecular complexity index is 1490. The summed E-state index contributed by atoms with van der Waals surface area (Å²) < 4.78 is 29.7. The third kappa shape index (κ3) is 3.51. The molecule has 0 unspecified atom stereocenters. The summed E-state index contributed by atoms with van der Waals surface area (Å²) in [6, 6.07) is 22.2. The van der Waals surface area contributed by atoms with Gasteiger partial charge >= 0.3 is 0 Å². The first-order chi connectivity index (χ1) is 15.4. The molecule has 0 aliphatic carbocycles. The number of halogens is 3. The number of amides is 1. The van der Waals surface area contributed by atoms with Crippen molar-refractivity contribution in [1.82, 2.24) is 4.57 Å². The van der Waals surface area contributed by atoms with E-state index >= 15 is 0 Å². The third-order valence-electron chi connectivity index (χ3n) is 5.60. The maximum Gasteiger partial charge on any atom is 0.249 e. The molecule has 32 heavy (non-hydrogen) atoms. The number of hydrogen-bond acceptors (Lipinski definition) is 1. The van der Waals surface area contributed by atoms with E-state index in [0.717, 1.165) is 39.0 Å². The average Bonchev–Trinajstić information content (AvgIpc) is 3.06. The first-order valence-electron chi connectivity index (χ1n) is 9.96. The molecule has 6 heteroatoms. The van der Waals surface area contributed by atoms with E-state index in [9.17, 15) is 13.6 Å². The van der Waals surface area contributed by atoms with Crippen LogP contribution in [0.4, 0.5) is 8.78 Å². The summed E-state index contributed by atoms with van der Waals surface area (Å²) in [5.74, 6) is -1.81. The third-order valence-corrected chi connectivity index (χ3v) is 5.85. The molecule has 1 heterocycles. The van der Waals surface area contributed by atoms with Crippen LogP contribution in [0, 0.1) is 11.6 Å². The van der Waals surface area contributed by atoms with E-state index in [1.807, 2.05) is 53.1 Å². The number of hydrogen-bond donors (Lipinski definition) is 1. The molecule has 0 bridgehead atoms. The molecule has 0 saturated carbocycles. The molecule has 0 aliphatic heterocycles. The predicted molar refractivity (Wildman–Crippen MR) is 124 cm³/mol. The van der Waals surface area contributed by atoms with Crippen molar-refractivity contribution < 1.29 is 13.6 Å². The van der Waals surface area contributed by atoms with Crippen LogP contribution in [0.1, 0.15) is 15.9 Å². The molecule has 2 N–H and O–H groups in total. The fraction of sp³-hybridized carbons (Fsp3) is 0.0385. The number of nitrogens with two attached hydrogens (primary N) is 1. The summed E-state index contributed by atoms with van der Waals surface area (Å²) in [7, 11) is 0. The van der Waals surface area contributed by atoms with Crippen LogP contribution in [0.2, 0.25) is 5.02 Å². The van der Waals surface area contributed by atoms with Gasteiger partial charge in [0.05, 0.1) is 11.0 Å². The van der Waals surface area contributed by atoms with Crippen LogP contribution >= 0.6 is 11.6 Å². The number of benzene rings is 4. The van der Waals surface area contributed by atoms with Gasteiger partial charge in [-0.25, -0.2) is 8.78 Å². The Morgan fingerprint density at radius 1 is 0.844 bits per heavy atom. The van der Waals surface area contributed by atoms with Gasteiger partial charge in [-0.2, -0.15) is 0 Å². The van der Waals surface area contributed by atoms with Gasteiger partial charge in [-0.3, -0.25) is 4.79 Å². The summed E-state index contributed by atoms with van der Waals surface area (Å²) in [6.07, 6.45) is 0. The number of fused-ring (bicyclic) bond motifs is 3. The van der Waals surface area contributed by atoms with Crippen LogP contribution in [-0.4, -0.2) is 10.5 Å². The van der Waals surface area contributed by atoms with E-state index < -0.39 is 17.5 Å². The Labute approximate surface area is 187 Å². The second-order valence-electron chi connectivity index (χ2n) is 7.67. The molecule has 0 atom stereocenters. The smallest absolute Gasteiger partial charge is 0.249 e. The molecule has 0 fully saturated rings. The summed E-state index contributed by atoms with van der Waals surface area (Å²) in [6.45, 7) is 0.223. The first kappa shape index (κ1) is 20.2. The minimum Gasteiger partial charge on any atom is -0.366 e. The lowest BCUT2D eigenvalue weighted by molar-refractivity contribution is 0.100. The summed E-state index contributed by atoms with van der Waals surface area (Å²) in [5.41, 5.74) is 10.0. The maximum atomic E-state index is 13.9. The van der Waals surface area contributed by atoms with Crippen LogP contribution in [0.15, 0.2) is 78.9 Å². The van der Waals surface area contributed by atoms with E-state index in [-0.39, 0.29) is 6.54 Å². The van der Waals surface area contributed by atoms with Crippen molar-refractivity contribution in [3.05, 3.63) is 107 Å². The predicted octanol–water partition coefficient (Wildman–Crippen LogP) is 6.54. The molecule has 5 aromatic rings. The standard InChI is InChI=1S/C26H17ClF2N2O/c27-18-7-4-16(5-8-18)17-6-9-21-24(12-17)31(14-15-10-19(28)13-20(29)11-15)23-3-1-2-22(25(21)23)26(30)32/h1-13H,14H2,(H2,30,32). The number of carbonyl (C=O) groups excluding carboxylic acids is 1. The lowest BCUT2D eigenvalue weighted by Crippen LogP contribution is -2.11. The molecule has 1 amide bonds. The second kappa shape index (κ2) is 7.77. The van der Waals surface area contributed by atoms with Gasteiger partial charge in [0.15, 0.2) is 0 Å². The highest BCUT2D eigenvalue weighted by Gasteiger charge is 2.17. The molecule has 5 rings (SSSR count). The minimum atomic E-state index is -0.638. The largest absolute Gasteiger partial charge is 0.366 e. The molecule has 3 nitrogen and oxygen atoms in total. The number of aromatic nitrogens is 1. The fourth-order valence-corrected chi connectivity index (χ4v) is 4.35. The quantitative estimate of drug-likeness (QED) is 0.335. The van der Waals surface area contributed by atoms with Gasteiger partial charge in [0, 0.05) is 34.0 Å². The average molecular weight is 447 g/mol. The summed E-state index contributed by atoms with van der Waals surface area (Å²) in [4.78, 5) is 12.1. The molecule has 0 spiro atoms. The Balaban J connectivity index is 1.79. The fourth-order valence-electron chi connectivity index (χ4n) is 4.23. The SMILES string of the molecule is NC(=O)c1cccc2c1c1ccc(-c3ccc(Cl)cc3)cc1n2Cc1cc(F)cc(F)c1. The van der Waals surface area contributed by atoms with E-state index in [2.05, 4.69) is 0 Å². The van der Waals surface area contributed by atoms with Gasteiger partial charge < -0.3 is 10.3 Å². The van der Waals surface area contributed by atoms with Crippen molar-refractivity contribution in [3.8, 4) is 11.1 Å². The van der Waals surface area contributed by atoms with E-state index in [1.54, 1.807) is 12.1 Å². The van der Waals surface area contributed by atoms with Gasteiger partial charge in [-0.15, -0.1) is 0 Å². The van der Waals surface area contributed by atoms with Crippen molar-refractivity contribution in [2.75, 3.05) is 0 Å². The van der Waals surface area contributed by atoms with Crippen molar-refractivity contribution >= 4 is 39.3 Å². The summed E-state index contributed by atoms with van der Waals surface area (Å²) in [5, 5.41) is 2.20. The van der Waals surface area contributed by atoms with Crippen molar-refractivity contribution in [2.45, 2.75) is 6.54 Å². The monoisotopic (exact) mass is 446 g/mol. The Kier molecular flexibility index (Phi) is 4.91. The minimum absolute atomic E-state index is 0.223. The lowest BCUT2D eigenvalue weighted by Gasteiger charge is -2.10. The van der Waals surface area contributed by atoms with Crippen molar-refractivity contribution in [1.29, 1.82) is 0 Å². The van der Waals surface area contributed by atoms with Crippen molar-refractivity contribution in [2.24, 2.45) is 5.73 Å². The highest BCUT2D eigenvalue weighted by Crippen LogP contribution is 2.35. The first-order valence-corrected chi connectivity index (χ1v) is 10.3. The van der Waals surface area contributed by atoms with Gasteiger partial charge in [-0.1, -0.05) is 41.9 Å². The zero-order valence-corrected chi connectivity index (χ0v) is 17.5. The second-order valence-corrected chi connectivity index (χ2v) is 8.10. The van der Waals surface area contributed by atoms with Crippen molar-refractivity contribution in [3.63, 3.8) is 0 Å². The highest BCUT2D eigenvalue weighted by molar-refractivity contribution is 6.30. The van der Waals surface area contributed by atoms with E-state index in [1.165, 1.54) is 12.1 Å². The van der Waals surface area contributed by atoms with Crippen LogP contribution in [0.3, 0.4) is 0 Å². The summed E-state index contributed by atoms with van der Waals surface area (Å²) >= 11 is 6.03.